The third-order valence-corrected chi connectivity index (χ3v) is 7.89. The van der Waals surface area contributed by atoms with Gasteiger partial charge in [0.1, 0.15) is 7.85 Å². The van der Waals surface area contributed by atoms with Crippen molar-refractivity contribution in [2.24, 2.45) is 11.8 Å². The molecule has 1 heterocycles. The lowest BCUT2D eigenvalue weighted by molar-refractivity contribution is 0.221. The average molecular weight is 329 g/mol. The Hall–Kier alpha value is 0.0899. The molecule has 0 N–H and O–H groups in total. The SMILES string of the molecule is BC1CCCCCCCC2CC1N(B)C1CCCCCCCC2C1. The van der Waals surface area contributed by atoms with Crippen LogP contribution in [0, 0.1) is 11.8 Å². The van der Waals surface area contributed by atoms with Gasteiger partial charge in [0.25, 0.3) is 0 Å². The highest BCUT2D eigenvalue weighted by atomic mass is 15.1. The molecule has 1 aliphatic heterocycles. The number of hydrogen-bond donors (Lipinski definition) is 0. The first-order chi connectivity index (χ1) is 11.8. The molecule has 2 saturated carbocycles. The van der Waals surface area contributed by atoms with Crippen molar-refractivity contribution in [3.63, 3.8) is 0 Å². The number of hydrogen-bond acceptors (Lipinski definition) is 1. The smallest absolute Gasteiger partial charge is 0.186 e. The fraction of sp³-hybridized carbons (Fsp3) is 1.00. The third kappa shape index (κ3) is 5.05. The highest BCUT2D eigenvalue weighted by Gasteiger charge is 2.37. The van der Waals surface area contributed by atoms with E-state index in [1.807, 2.05) is 0 Å². The van der Waals surface area contributed by atoms with Gasteiger partial charge in [0.15, 0.2) is 7.98 Å². The Labute approximate surface area is 153 Å². The van der Waals surface area contributed by atoms with Crippen LogP contribution in [0.15, 0.2) is 0 Å². The molecule has 5 atom stereocenters. The summed E-state index contributed by atoms with van der Waals surface area (Å²) in [7, 11) is 5.07. The second-order valence-electron chi connectivity index (χ2n) is 9.55. The van der Waals surface area contributed by atoms with Crippen LogP contribution < -0.4 is 0 Å². The molecule has 136 valence electrons. The Kier molecular flexibility index (Phi) is 7.62. The van der Waals surface area contributed by atoms with E-state index in [1.165, 1.54) is 103 Å². The van der Waals surface area contributed by atoms with Crippen LogP contribution in [0.4, 0.5) is 0 Å². The normalized spacial score (nSPS) is 40.9. The highest BCUT2D eigenvalue weighted by molar-refractivity contribution is 6.13. The fourth-order valence-electron chi connectivity index (χ4n) is 6.22. The van der Waals surface area contributed by atoms with E-state index in [-0.39, 0.29) is 0 Å². The summed E-state index contributed by atoms with van der Waals surface area (Å²) in [6.07, 6.45) is 24.0. The molecular weight excluding hydrogens is 288 g/mol. The Morgan fingerprint density at radius 1 is 0.583 bits per heavy atom. The van der Waals surface area contributed by atoms with E-state index in [9.17, 15) is 0 Å². The van der Waals surface area contributed by atoms with Crippen LogP contribution in [0.5, 0.6) is 0 Å². The van der Waals surface area contributed by atoms with Crippen molar-refractivity contribution in [2.45, 2.75) is 121 Å². The first kappa shape index (κ1) is 18.9. The van der Waals surface area contributed by atoms with Gasteiger partial charge in [0.05, 0.1) is 0 Å². The molecule has 2 aliphatic carbocycles. The van der Waals surface area contributed by atoms with Crippen molar-refractivity contribution in [1.29, 1.82) is 0 Å². The molecule has 1 nitrogen and oxygen atoms in total. The van der Waals surface area contributed by atoms with Crippen LogP contribution in [0.3, 0.4) is 0 Å². The number of rotatable bonds is 0. The van der Waals surface area contributed by atoms with Crippen molar-refractivity contribution in [3.8, 4) is 0 Å². The molecule has 5 unspecified atom stereocenters. The van der Waals surface area contributed by atoms with E-state index in [2.05, 4.69) is 20.6 Å². The van der Waals surface area contributed by atoms with E-state index < -0.39 is 0 Å². The van der Waals surface area contributed by atoms with Crippen LogP contribution in [0.2, 0.25) is 5.82 Å². The van der Waals surface area contributed by atoms with Gasteiger partial charge in [-0.05, 0) is 43.2 Å². The molecule has 0 radical (unpaired) electrons. The van der Waals surface area contributed by atoms with Crippen molar-refractivity contribution >= 4 is 15.8 Å². The van der Waals surface area contributed by atoms with Gasteiger partial charge in [-0.2, -0.15) is 0 Å². The van der Waals surface area contributed by atoms with E-state index in [4.69, 9.17) is 0 Å². The van der Waals surface area contributed by atoms with Crippen LogP contribution in [0.25, 0.3) is 0 Å². The van der Waals surface area contributed by atoms with Crippen LogP contribution in [-0.4, -0.2) is 32.7 Å². The second kappa shape index (κ2) is 9.70. The van der Waals surface area contributed by atoms with Gasteiger partial charge in [-0.15, -0.1) is 0 Å². The first-order valence-corrected chi connectivity index (χ1v) is 11.5. The molecule has 4 bridgehead atoms. The molecule has 24 heavy (non-hydrogen) atoms. The zero-order valence-corrected chi connectivity index (χ0v) is 16.6. The quantitative estimate of drug-likeness (QED) is 0.591. The molecule has 3 fully saturated rings. The van der Waals surface area contributed by atoms with Gasteiger partial charge in [-0.3, -0.25) is 0 Å². The second-order valence-corrected chi connectivity index (χ2v) is 9.55. The summed E-state index contributed by atoms with van der Waals surface area (Å²) in [6, 6.07) is 1.75. The molecule has 0 aromatic heterocycles. The Bertz CT molecular complexity index is 362. The maximum atomic E-state index is 2.89. The molecule has 0 spiro atoms. The third-order valence-electron chi connectivity index (χ3n) is 7.89. The van der Waals surface area contributed by atoms with E-state index in [0.717, 1.165) is 29.7 Å². The maximum absolute atomic E-state index is 2.89. The number of nitrogens with zero attached hydrogens (tertiary/aromatic N) is 1. The summed E-state index contributed by atoms with van der Waals surface area (Å²) >= 11 is 0. The minimum absolute atomic E-state index is 0.865. The topological polar surface area (TPSA) is 3.24 Å². The van der Waals surface area contributed by atoms with Crippen molar-refractivity contribution in [2.75, 3.05) is 0 Å². The molecule has 3 aliphatic rings. The van der Waals surface area contributed by atoms with Gasteiger partial charge in [-0.1, -0.05) is 89.3 Å². The number of fused-ring (bicyclic) bond motifs is 5. The zero-order valence-electron chi connectivity index (χ0n) is 16.6. The summed E-state index contributed by atoms with van der Waals surface area (Å²) in [5, 5.41) is 0. The molecule has 0 aromatic rings. The van der Waals surface area contributed by atoms with Gasteiger partial charge < -0.3 is 4.81 Å². The Morgan fingerprint density at radius 2 is 1.08 bits per heavy atom. The molecule has 1 saturated heterocycles. The summed E-state index contributed by atoms with van der Waals surface area (Å²) in [5.41, 5.74) is 0. The predicted molar refractivity (Wildman–Crippen MR) is 111 cm³/mol. The minimum Gasteiger partial charge on any atom is -0.344 e. The van der Waals surface area contributed by atoms with Gasteiger partial charge in [0.2, 0.25) is 0 Å². The minimum atomic E-state index is 0.865. The average Bonchev–Trinajstić information content (AvgIpc) is 2.73. The van der Waals surface area contributed by atoms with Gasteiger partial charge in [0, 0.05) is 0 Å². The van der Waals surface area contributed by atoms with Crippen molar-refractivity contribution in [3.05, 3.63) is 0 Å². The fourth-order valence-corrected chi connectivity index (χ4v) is 6.22. The first-order valence-electron chi connectivity index (χ1n) is 11.5. The summed E-state index contributed by atoms with van der Waals surface area (Å²) in [4.78, 5) is 2.89. The van der Waals surface area contributed by atoms with Crippen molar-refractivity contribution in [1.82, 2.24) is 4.81 Å². The molecule has 3 heteroatoms. The maximum Gasteiger partial charge on any atom is 0.186 e. The lowest BCUT2D eigenvalue weighted by atomic mass is 9.71. The summed E-state index contributed by atoms with van der Waals surface area (Å²) < 4.78 is 0. The lowest BCUT2D eigenvalue weighted by Gasteiger charge is -2.38. The monoisotopic (exact) mass is 329 g/mol. The zero-order chi connectivity index (χ0) is 16.8. The summed E-state index contributed by atoms with van der Waals surface area (Å²) in [6.45, 7) is 0. The van der Waals surface area contributed by atoms with Crippen molar-refractivity contribution < 1.29 is 0 Å². The standard InChI is InChI=1S/C21H41B2N/c22-20-14-10-6-2-4-8-12-18-16-21(20)24(23)19-13-9-5-1-3-7-11-17(18)15-19/h17-21H,1-16,22-23H2. The van der Waals surface area contributed by atoms with Gasteiger partial charge in [-0.25, -0.2) is 0 Å². The van der Waals surface area contributed by atoms with Crippen LogP contribution >= 0.6 is 0 Å². The molecule has 3 rings (SSSR count). The lowest BCUT2D eigenvalue weighted by Crippen LogP contribution is -2.43. The largest absolute Gasteiger partial charge is 0.344 e. The van der Waals surface area contributed by atoms with E-state index >= 15 is 0 Å². The van der Waals surface area contributed by atoms with E-state index in [0.29, 0.717) is 0 Å². The molecular formula is C21H41B2N. The molecule has 0 aromatic carbocycles. The van der Waals surface area contributed by atoms with E-state index in [1.54, 1.807) is 0 Å². The Morgan fingerprint density at radius 3 is 1.75 bits per heavy atom. The Balaban J connectivity index is 1.80. The highest BCUT2D eigenvalue weighted by Crippen LogP contribution is 2.42. The predicted octanol–water partition coefficient (Wildman–Crippen LogP) is 4.51. The van der Waals surface area contributed by atoms with Crippen LogP contribution in [0.1, 0.15) is 103 Å². The van der Waals surface area contributed by atoms with Crippen LogP contribution in [-0.2, 0) is 0 Å². The van der Waals surface area contributed by atoms with Gasteiger partial charge >= 0.3 is 0 Å². The molecule has 0 amide bonds. The summed E-state index contributed by atoms with van der Waals surface area (Å²) in [5.74, 6) is 2.97.